The van der Waals surface area contributed by atoms with Gasteiger partial charge in [-0.25, -0.2) is 9.59 Å². The van der Waals surface area contributed by atoms with E-state index in [9.17, 15) is 9.59 Å². The van der Waals surface area contributed by atoms with Crippen LogP contribution in [0.3, 0.4) is 0 Å². The van der Waals surface area contributed by atoms with Crippen LogP contribution in [0.1, 0.15) is 60.2 Å². The molecule has 120 valence electrons. The molecule has 4 heteroatoms. The maximum absolute atomic E-state index is 12.1. The summed E-state index contributed by atoms with van der Waals surface area (Å²) in [6.07, 6.45) is 7.37. The van der Waals surface area contributed by atoms with Crippen LogP contribution in [0.25, 0.3) is 0 Å². The molecule has 0 aliphatic carbocycles. The highest BCUT2D eigenvalue weighted by atomic mass is 16.5. The molecule has 0 unspecified atom stereocenters. The minimum absolute atomic E-state index is 0.253. The SMILES string of the molecule is CC/C=C/CCOC(=O)c1ccccc1C(=O)OCCCC. The number of allylic oxidation sites excluding steroid dienone is 1. The molecule has 0 heterocycles. The molecule has 1 rings (SSSR count). The molecule has 0 saturated carbocycles. The first-order chi connectivity index (χ1) is 10.7. The van der Waals surface area contributed by atoms with E-state index in [1.165, 1.54) is 0 Å². The van der Waals surface area contributed by atoms with E-state index >= 15 is 0 Å². The molecule has 0 spiro atoms. The first-order valence-electron chi connectivity index (χ1n) is 7.79. The largest absolute Gasteiger partial charge is 0.462 e. The predicted octanol–water partition coefficient (Wildman–Crippen LogP) is 4.16. The third-order valence-electron chi connectivity index (χ3n) is 3.02. The summed E-state index contributed by atoms with van der Waals surface area (Å²) in [6.45, 7) is 4.73. The summed E-state index contributed by atoms with van der Waals surface area (Å²) in [7, 11) is 0. The second-order valence-electron chi connectivity index (χ2n) is 4.84. The van der Waals surface area contributed by atoms with Crippen LogP contribution < -0.4 is 0 Å². The van der Waals surface area contributed by atoms with Crippen LogP contribution in [0.4, 0.5) is 0 Å². The van der Waals surface area contributed by atoms with Crippen molar-refractivity contribution in [2.24, 2.45) is 0 Å². The lowest BCUT2D eigenvalue weighted by molar-refractivity contribution is 0.0458. The third kappa shape index (κ3) is 6.12. The van der Waals surface area contributed by atoms with E-state index in [0.717, 1.165) is 19.3 Å². The number of unbranched alkanes of at least 4 members (excludes halogenated alkanes) is 1. The van der Waals surface area contributed by atoms with Crippen LogP contribution in [0, 0.1) is 0 Å². The van der Waals surface area contributed by atoms with Gasteiger partial charge in [0, 0.05) is 0 Å². The average Bonchev–Trinajstić information content (AvgIpc) is 2.54. The Morgan fingerprint density at radius 2 is 1.55 bits per heavy atom. The van der Waals surface area contributed by atoms with E-state index in [1.54, 1.807) is 24.3 Å². The normalized spacial score (nSPS) is 10.6. The van der Waals surface area contributed by atoms with Gasteiger partial charge < -0.3 is 9.47 Å². The zero-order valence-electron chi connectivity index (χ0n) is 13.3. The van der Waals surface area contributed by atoms with Crippen molar-refractivity contribution in [2.75, 3.05) is 13.2 Å². The van der Waals surface area contributed by atoms with Crippen LogP contribution in [-0.2, 0) is 9.47 Å². The Morgan fingerprint density at radius 1 is 0.955 bits per heavy atom. The van der Waals surface area contributed by atoms with E-state index in [2.05, 4.69) is 0 Å². The molecule has 1 aromatic rings. The van der Waals surface area contributed by atoms with Crippen molar-refractivity contribution < 1.29 is 19.1 Å². The molecule has 4 nitrogen and oxygen atoms in total. The molecule has 0 aliphatic heterocycles. The monoisotopic (exact) mass is 304 g/mol. The fraction of sp³-hybridized carbons (Fsp3) is 0.444. The van der Waals surface area contributed by atoms with Crippen LogP contribution in [0.2, 0.25) is 0 Å². The van der Waals surface area contributed by atoms with Crippen molar-refractivity contribution in [3.05, 3.63) is 47.5 Å². The highest BCUT2D eigenvalue weighted by molar-refractivity contribution is 6.03. The number of benzene rings is 1. The van der Waals surface area contributed by atoms with Gasteiger partial charge in [0.25, 0.3) is 0 Å². The quantitative estimate of drug-likeness (QED) is 0.390. The molecule has 0 aliphatic rings. The molecule has 0 fully saturated rings. The van der Waals surface area contributed by atoms with E-state index in [-0.39, 0.29) is 11.1 Å². The zero-order valence-corrected chi connectivity index (χ0v) is 13.3. The van der Waals surface area contributed by atoms with E-state index in [0.29, 0.717) is 19.6 Å². The van der Waals surface area contributed by atoms with Crippen molar-refractivity contribution in [3.63, 3.8) is 0 Å². The van der Waals surface area contributed by atoms with Gasteiger partial charge in [0.1, 0.15) is 0 Å². The van der Waals surface area contributed by atoms with Crippen molar-refractivity contribution in [1.29, 1.82) is 0 Å². The Kier molecular flexibility index (Phi) is 8.65. The van der Waals surface area contributed by atoms with E-state index in [4.69, 9.17) is 9.47 Å². The van der Waals surface area contributed by atoms with E-state index in [1.807, 2.05) is 26.0 Å². The molecule has 0 aromatic heterocycles. The Balaban J connectivity index is 2.63. The van der Waals surface area contributed by atoms with Crippen molar-refractivity contribution in [1.82, 2.24) is 0 Å². The van der Waals surface area contributed by atoms with Crippen LogP contribution in [-0.4, -0.2) is 25.2 Å². The number of ether oxygens (including phenoxy) is 2. The number of rotatable bonds is 9. The smallest absolute Gasteiger partial charge is 0.339 e. The highest BCUT2D eigenvalue weighted by Gasteiger charge is 2.18. The number of hydrogen-bond donors (Lipinski definition) is 0. The van der Waals surface area contributed by atoms with Gasteiger partial charge in [0.2, 0.25) is 0 Å². The van der Waals surface area contributed by atoms with Gasteiger partial charge in [-0.2, -0.15) is 0 Å². The second-order valence-corrected chi connectivity index (χ2v) is 4.84. The van der Waals surface area contributed by atoms with Crippen LogP contribution >= 0.6 is 0 Å². The van der Waals surface area contributed by atoms with Crippen molar-refractivity contribution >= 4 is 11.9 Å². The summed E-state index contributed by atoms with van der Waals surface area (Å²) in [4.78, 5) is 24.1. The lowest BCUT2D eigenvalue weighted by Gasteiger charge is -2.09. The maximum atomic E-state index is 12.1. The predicted molar refractivity (Wildman–Crippen MR) is 86.0 cm³/mol. The van der Waals surface area contributed by atoms with Gasteiger partial charge in [0.05, 0.1) is 24.3 Å². The molecule has 0 bridgehead atoms. The molecule has 0 N–H and O–H groups in total. The summed E-state index contributed by atoms with van der Waals surface area (Å²) >= 11 is 0. The summed E-state index contributed by atoms with van der Waals surface area (Å²) < 4.78 is 10.4. The highest BCUT2D eigenvalue weighted by Crippen LogP contribution is 2.12. The molecule has 0 atom stereocenters. The van der Waals surface area contributed by atoms with Crippen molar-refractivity contribution in [3.8, 4) is 0 Å². The van der Waals surface area contributed by atoms with E-state index < -0.39 is 11.9 Å². The molecular weight excluding hydrogens is 280 g/mol. The number of hydrogen-bond acceptors (Lipinski definition) is 4. The molecule has 22 heavy (non-hydrogen) atoms. The van der Waals surface area contributed by atoms with Crippen molar-refractivity contribution in [2.45, 2.75) is 39.5 Å². The number of carbonyl (C=O) groups is 2. The Labute approximate surface area is 132 Å². The van der Waals surface area contributed by atoms with Gasteiger partial charge in [-0.3, -0.25) is 0 Å². The lowest BCUT2D eigenvalue weighted by atomic mass is 10.1. The Bertz CT molecular complexity index is 506. The summed E-state index contributed by atoms with van der Waals surface area (Å²) in [5.74, 6) is -0.972. The standard InChI is InChI=1S/C18H24O4/c1-3-5-7-10-14-22-18(20)16-12-9-8-11-15(16)17(19)21-13-6-4-2/h5,7-9,11-12H,3-4,6,10,13-14H2,1-2H3/b7-5+. The summed E-state index contributed by atoms with van der Waals surface area (Å²) in [6, 6.07) is 6.58. The van der Waals surface area contributed by atoms with Gasteiger partial charge in [-0.05, 0) is 31.4 Å². The fourth-order valence-corrected chi connectivity index (χ4v) is 1.81. The topological polar surface area (TPSA) is 52.6 Å². The minimum atomic E-state index is -0.493. The lowest BCUT2D eigenvalue weighted by Crippen LogP contribution is -2.14. The minimum Gasteiger partial charge on any atom is -0.462 e. The molecule has 0 saturated heterocycles. The molecule has 0 radical (unpaired) electrons. The molecule has 1 aromatic carbocycles. The molecule has 0 amide bonds. The maximum Gasteiger partial charge on any atom is 0.339 e. The first-order valence-corrected chi connectivity index (χ1v) is 7.79. The van der Waals surface area contributed by atoms with Crippen LogP contribution in [0.15, 0.2) is 36.4 Å². The zero-order chi connectivity index (χ0) is 16.2. The van der Waals surface area contributed by atoms with Gasteiger partial charge >= 0.3 is 11.9 Å². The Hall–Kier alpha value is -2.10. The number of esters is 2. The third-order valence-corrected chi connectivity index (χ3v) is 3.02. The summed E-state index contributed by atoms with van der Waals surface area (Å²) in [5, 5.41) is 0. The average molecular weight is 304 g/mol. The van der Waals surface area contributed by atoms with Gasteiger partial charge in [0.15, 0.2) is 0 Å². The summed E-state index contributed by atoms with van der Waals surface area (Å²) in [5.41, 5.74) is 0.510. The second kappa shape index (κ2) is 10.6. The first kappa shape index (κ1) is 18.0. The number of carbonyl (C=O) groups excluding carboxylic acids is 2. The van der Waals surface area contributed by atoms with Gasteiger partial charge in [-0.15, -0.1) is 0 Å². The molecular formula is C18H24O4. The Morgan fingerprint density at radius 3 is 2.09 bits per heavy atom. The van der Waals surface area contributed by atoms with Crippen LogP contribution in [0.5, 0.6) is 0 Å². The van der Waals surface area contributed by atoms with Gasteiger partial charge in [-0.1, -0.05) is 44.6 Å². The fourth-order valence-electron chi connectivity index (χ4n) is 1.81.